The highest BCUT2D eigenvalue weighted by molar-refractivity contribution is 14.1. The predicted octanol–water partition coefficient (Wildman–Crippen LogP) is 7.32. The Morgan fingerprint density at radius 3 is 1.52 bits per heavy atom. The second-order valence-corrected chi connectivity index (χ2v) is 30.3. The molecule has 2 amide bonds. The number of amides is 2. The number of aliphatic hydroxyl groups excluding tert-OH is 2. The number of nitrogens with one attached hydrogen (secondary N) is 3. The summed E-state index contributed by atoms with van der Waals surface area (Å²) in [6.45, 7) is 10.8. The lowest BCUT2D eigenvalue weighted by atomic mass is 10.0. The van der Waals surface area contributed by atoms with Gasteiger partial charge >= 0.3 is 12.2 Å². The van der Waals surface area contributed by atoms with E-state index in [9.17, 15) is 36.6 Å². The fraction of sp³-hybridized carbons (Fsp3) is 0.529. The number of carbonyl (C=O) groups is 2. The predicted molar refractivity (Wildman–Crippen MR) is 367 cm³/mol. The van der Waals surface area contributed by atoms with E-state index < -0.39 is 75.0 Å². The molecule has 6 aliphatic heterocycles. The number of hydrogen-bond donors (Lipinski definition) is 5. The molecule has 4 aromatic carbocycles. The molecule has 4 fully saturated rings. The zero-order chi connectivity index (χ0) is 69.9. The maximum Gasteiger partial charge on any atom is 0.407 e. The first-order valence-electron chi connectivity index (χ1n) is 33.2. The van der Waals surface area contributed by atoms with Crippen LogP contribution in [-0.2, 0) is 67.9 Å². The first-order valence-corrected chi connectivity index (χ1v) is 37.6. The van der Waals surface area contributed by atoms with Gasteiger partial charge in [-0.2, -0.15) is 8.61 Å². The minimum atomic E-state index is -4.07. The van der Waals surface area contributed by atoms with E-state index in [1.54, 1.807) is 43.4 Å². The van der Waals surface area contributed by atoms with Crippen LogP contribution in [-0.4, -0.2) is 200 Å². The number of rotatable bonds is 31. The highest BCUT2D eigenvalue weighted by Gasteiger charge is 2.46. The molecule has 4 saturated heterocycles. The molecule has 540 valence electrons. The molecular formula is C68H89IN8O20S2. The third kappa shape index (κ3) is 21.0. The SMILES string of the molecule is CC(C)CN(C[C@@H](O)[C@H](Cc1ccc(OCCCI)cc1)NC(=O)O[C@@H]1CO[C@H]2OCC[C@H]21)S(=O)(=O)c1ccc2c(c1)OCO2.CC(C)CN(C[C@@H](O)[C@H](Cc1ccc(OCCCn2ccnc2)cc1)NC(=O)O[C@@H]1CO[C@H]2OCC[C@H]21)S(=O)(=O)c1ccc2c(c1)OCO2.c1c[nH]cn1. The number of hydrogen-bond acceptors (Lipinski definition) is 22. The molecule has 10 atom stereocenters. The smallest absolute Gasteiger partial charge is 0.407 e. The molecule has 0 radical (unpaired) electrons. The van der Waals surface area contributed by atoms with Gasteiger partial charge in [0.15, 0.2) is 35.6 Å². The summed E-state index contributed by atoms with van der Waals surface area (Å²) in [5.41, 5.74) is 1.63. The molecule has 0 bridgehead atoms. The van der Waals surface area contributed by atoms with Crippen LogP contribution in [0, 0.1) is 23.7 Å². The number of fused-ring (bicyclic) bond motifs is 4. The van der Waals surface area contributed by atoms with Gasteiger partial charge in [-0.15, -0.1) is 0 Å². The lowest BCUT2D eigenvalue weighted by Gasteiger charge is -2.31. The maximum atomic E-state index is 13.9. The van der Waals surface area contributed by atoms with Crippen LogP contribution in [0.25, 0.3) is 0 Å². The summed E-state index contributed by atoms with van der Waals surface area (Å²) in [6.07, 6.45) is 8.35. The van der Waals surface area contributed by atoms with Crippen molar-refractivity contribution in [3.05, 3.63) is 133 Å². The minimum absolute atomic E-state index is 0.0114. The van der Waals surface area contributed by atoms with E-state index in [4.69, 9.17) is 56.8 Å². The maximum absolute atomic E-state index is 13.9. The number of nitrogens with zero attached hydrogens (tertiary/aromatic N) is 5. The molecule has 99 heavy (non-hydrogen) atoms. The van der Waals surface area contributed by atoms with Crippen molar-refractivity contribution in [3.8, 4) is 34.5 Å². The third-order valence-electron chi connectivity index (χ3n) is 17.0. The topological polar surface area (TPSA) is 331 Å². The minimum Gasteiger partial charge on any atom is -0.494 e. The number of aryl methyl sites for hydroxylation is 1. The molecule has 0 aliphatic carbocycles. The Balaban J connectivity index is 0.000000200. The Hall–Kier alpha value is -7.05. The molecular weight excluding hydrogens is 1440 g/mol. The van der Waals surface area contributed by atoms with Crippen LogP contribution in [0.4, 0.5) is 9.59 Å². The molecule has 0 spiro atoms. The van der Waals surface area contributed by atoms with Crippen LogP contribution < -0.4 is 39.1 Å². The molecule has 8 heterocycles. The number of aromatic amines is 1. The summed E-state index contributed by atoms with van der Waals surface area (Å²) in [5, 5.41) is 28.9. The Morgan fingerprint density at radius 1 is 0.626 bits per heavy atom. The van der Waals surface area contributed by atoms with Gasteiger partial charge in [0.2, 0.25) is 33.6 Å². The third-order valence-corrected chi connectivity index (χ3v) is 21.4. The molecule has 2 aromatic heterocycles. The van der Waals surface area contributed by atoms with Gasteiger partial charge in [-0.25, -0.2) is 36.4 Å². The van der Waals surface area contributed by atoms with Crippen LogP contribution >= 0.6 is 22.6 Å². The van der Waals surface area contributed by atoms with E-state index in [-0.39, 0.29) is 106 Å². The van der Waals surface area contributed by atoms with Crippen LogP contribution in [0.15, 0.2) is 132 Å². The van der Waals surface area contributed by atoms with Gasteiger partial charge in [0.05, 0.1) is 98.2 Å². The van der Waals surface area contributed by atoms with Gasteiger partial charge in [-0.1, -0.05) is 74.6 Å². The number of ether oxygens (including phenoxy) is 12. The van der Waals surface area contributed by atoms with E-state index >= 15 is 0 Å². The van der Waals surface area contributed by atoms with E-state index in [0.717, 1.165) is 47.1 Å². The van der Waals surface area contributed by atoms with Crippen molar-refractivity contribution < 1.29 is 93.5 Å². The van der Waals surface area contributed by atoms with Crippen LogP contribution in [0.1, 0.15) is 64.5 Å². The van der Waals surface area contributed by atoms with Crippen molar-refractivity contribution in [2.24, 2.45) is 23.7 Å². The Bertz CT molecular complexity index is 3700. The average Bonchev–Trinajstić information content (AvgIpc) is 1.61. The van der Waals surface area contributed by atoms with Crippen LogP contribution in [0.5, 0.6) is 34.5 Å². The Labute approximate surface area is 590 Å². The van der Waals surface area contributed by atoms with Gasteiger partial charge in [0, 0.05) is 74.1 Å². The summed E-state index contributed by atoms with van der Waals surface area (Å²) in [5.74, 6) is 2.82. The number of carbonyl (C=O) groups excluding carboxylic acids is 2. The van der Waals surface area contributed by atoms with Crippen molar-refractivity contribution in [2.45, 2.75) is 132 Å². The normalized spacial score (nSPS) is 20.8. The van der Waals surface area contributed by atoms with E-state index in [0.29, 0.717) is 61.6 Å². The van der Waals surface area contributed by atoms with Crippen molar-refractivity contribution in [3.63, 3.8) is 0 Å². The van der Waals surface area contributed by atoms with E-state index in [1.165, 1.54) is 32.9 Å². The average molecular weight is 1530 g/mol. The molecule has 31 heteroatoms. The first kappa shape index (κ1) is 74.6. The van der Waals surface area contributed by atoms with Gasteiger partial charge in [-0.3, -0.25) is 0 Å². The zero-order valence-corrected chi connectivity index (χ0v) is 59.6. The number of H-pyrrole nitrogens is 1. The second-order valence-electron chi connectivity index (χ2n) is 25.4. The zero-order valence-electron chi connectivity index (χ0n) is 55.8. The first-order chi connectivity index (χ1) is 47.8. The van der Waals surface area contributed by atoms with Crippen LogP contribution in [0.2, 0.25) is 0 Å². The monoisotopic (exact) mass is 1530 g/mol. The second kappa shape index (κ2) is 36.0. The molecule has 0 saturated carbocycles. The lowest BCUT2D eigenvalue weighted by Crippen LogP contribution is -2.51. The molecule has 6 aromatic rings. The summed E-state index contributed by atoms with van der Waals surface area (Å²) < 4.78 is 128. The van der Waals surface area contributed by atoms with Crippen molar-refractivity contribution in [1.29, 1.82) is 0 Å². The number of aromatic nitrogens is 4. The lowest BCUT2D eigenvalue weighted by molar-refractivity contribution is -0.0909. The fourth-order valence-corrected chi connectivity index (χ4v) is 15.6. The number of alkyl halides is 1. The molecule has 5 N–H and O–H groups in total. The fourth-order valence-electron chi connectivity index (χ4n) is 12.0. The standard InChI is InChI=1S/C34H44N4O10S.C31H41IN2O10S.C3H4N2/c1-23(2)18-38(49(41,42)26-8-9-30-31(17-26)47-22-46-30)19-29(39)28(36-34(40)48-32-20-45-33-27(32)10-15-44-33)16-24-4-6-25(7-5-24)43-14-3-12-37-13-11-35-21-37;1-20(2)16-34(45(37,38)23-8-9-27-28(15-23)43-19-42-27)17-26(35)25(14-21-4-6-22(7-5-21)39-12-3-11-32)33-31(36)44-29-18-41-30-24(29)10-13-40-30;1-2-5-3-4-1/h4-9,11,13,17,21,23,27-29,32-33,39H,3,10,12,14-16,18-20,22H2,1-2H3,(H,36,40);4-9,15,20,24-26,29-30,35H,3,10-14,16-19H2,1-2H3,(H,33,36);1-3H,(H,4,5)/t27-,28-,29+,32+,33+;24-,25-,26+,29+,30+;/m00./s1. The Kier molecular flexibility index (Phi) is 27.1. The molecule has 6 aliphatic rings. The van der Waals surface area contributed by atoms with E-state index in [2.05, 4.69) is 48.2 Å². The summed E-state index contributed by atoms with van der Waals surface area (Å²) >= 11 is 2.30. The van der Waals surface area contributed by atoms with Crippen LogP contribution in [0.3, 0.4) is 0 Å². The molecule has 0 unspecified atom stereocenters. The number of alkyl carbamates (subject to hydrolysis) is 2. The van der Waals surface area contributed by atoms with Gasteiger partial charge in [-0.05, 0) is 110 Å². The van der Waals surface area contributed by atoms with Gasteiger partial charge < -0.3 is 87.2 Å². The van der Waals surface area contributed by atoms with Gasteiger partial charge in [0.25, 0.3) is 0 Å². The summed E-state index contributed by atoms with van der Waals surface area (Å²) in [7, 11) is -8.11. The molecule has 28 nitrogen and oxygen atoms in total. The summed E-state index contributed by atoms with van der Waals surface area (Å²) in [4.78, 5) is 36.9. The number of imidazole rings is 2. The largest absolute Gasteiger partial charge is 0.494 e. The highest BCUT2D eigenvalue weighted by atomic mass is 127. The van der Waals surface area contributed by atoms with Crippen molar-refractivity contribution in [2.75, 3.05) is 83.8 Å². The highest BCUT2D eigenvalue weighted by Crippen LogP contribution is 2.38. The Morgan fingerprint density at radius 2 is 1.10 bits per heavy atom. The van der Waals surface area contributed by atoms with Crippen molar-refractivity contribution in [1.82, 2.24) is 38.8 Å². The number of aliphatic hydroxyl groups is 2. The number of halogens is 1. The number of benzene rings is 4. The van der Waals surface area contributed by atoms with Gasteiger partial charge in [0.1, 0.15) is 23.7 Å². The van der Waals surface area contributed by atoms with Crippen molar-refractivity contribution >= 4 is 54.8 Å². The van der Waals surface area contributed by atoms with E-state index in [1.807, 2.05) is 87.0 Å². The summed E-state index contributed by atoms with van der Waals surface area (Å²) in [6, 6.07) is 21.9. The quantitative estimate of drug-likeness (QED) is 0.0162. The number of sulfonamides is 2. The molecule has 12 rings (SSSR count).